The first-order valence-electron chi connectivity index (χ1n) is 18.3. The highest BCUT2D eigenvalue weighted by molar-refractivity contribution is 9.11. The smallest absolute Gasteiger partial charge is 0.456 e. The molecule has 0 aliphatic rings. The van der Waals surface area contributed by atoms with Gasteiger partial charge in [-0.25, -0.2) is 27.7 Å². The molecule has 0 fully saturated rings. The minimum atomic E-state index is -5.35. The minimum Gasteiger partial charge on any atom is -0.465 e. The van der Waals surface area contributed by atoms with Crippen LogP contribution in [0.15, 0.2) is 100 Å². The number of benzene rings is 3. The number of carbonyl (C=O) groups is 3. The van der Waals surface area contributed by atoms with Crippen LogP contribution in [0.25, 0.3) is 33.9 Å². The second-order valence-electron chi connectivity index (χ2n) is 13.9. The van der Waals surface area contributed by atoms with Crippen molar-refractivity contribution < 1.29 is 64.1 Å². The number of rotatable bonds is 9. The number of hydrogen-bond acceptors (Lipinski definition) is 8. The average Bonchev–Trinajstić information content (AvgIpc) is 4.05. The fourth-order valence-electron chi connectivity index (χ4n) is 6.69. The van der Waals surface area contributed by atoms with Crippen molar-refractivity contribution in [2.24, 2.45) is 14.1 Å². The Morgan fingerprint density at radius 3 is 1.52 bits per heavy atom. The molecule has 4 heterocycles. The fourth-order valence-corrected chi connectivity index (χ4v) is 8.40. The largest absolute Gasteiger partial charge is 0.465 e. The van der Waals surface area contributed by atoms with Gasteiger partial charge in [-0.1, -0.05) is 35.3 Å². The van der Waals surface area contributed by atoms with Gasteiger partial charge in [0.15, 0.2) is 0 Å². The molecule has 0 aliphatic heterocycles. The van der Waals surface area contributed by atoms with Crippen molar-refractivity contribution in [3.63, 3.8) is 0 Å². The van der Waals surface area contributed by atoms with Gasteiger partial charge >= 0.3 is 24.3 Å². The lowest BCUT2D eigenvalue weighted by molar-refractivity contribution is -0.250. The second kappa shape index (κ2) is 18.8. The van der Waals surface area contributed by atoms with E-state index in [1.54, 1.807) is 18.3 Å². The van der Waals surface area contributed by atoms with Gasteiger partial charge < -0.3 is 23.7 Å². The molecule has 0 bridgehead atoms. The standard InChI is InChI=1S/C24H16BrClF5N3O3.C18H12BrClF3N3O3/c1-33-20(23(36,24(29,30)31)14-6-15(27)8-16(28)7-14)9-18(25)21(33)34-11-13(10-32-34)12-3-4-19(26)17(5-12)22(35)37-2;1-25-14(15(27)18(21,22)23)6-12(19)16(25)26-8-10(7-24-26)9-3-4-13(20)11(5-9)17(28)29-2/h3-11,36H,1-2H3;3-8H,1-2H3. The molecule has 3 aromatic carbocycles. The summed E-state index contributed by atoms with van der Waals surface area (Å²) in [6, 6.07) is 12.6. The van der Waals surface area contributed by atoms with E-state index in [1.165, 1.54) is 80.5 Å². The van der Waals surface area contributed by atoms with E-state index in [2.05, 4.69) is 46.8 Å². The van der Waals surface area contributed by atoms with E-state index < -0.39 is 64.3 Å². The van der Waals surface area contributed by atoms with Gasteiger partial charge in [0.05, 0.1) is 68.1 Å². The summed E-state index contributed by atoms with van der Waals surface area (Å²) in [6.07, 6.45) is -4.45. The molecule has 0 aliphatic carbocycles. The van der Waals surface area contributed by atoms with E-state index in [0.29, 0.717) is 40.5 Å². The monoisotopic (exact) mass is 1090 g/mol. The zero-order chi connectivity index (χ0) is 48.8. The Hall–Kier alpha value is -5.81. The predicted molar refractivity (Wildman–Crippen MR) is 230 cm³/mol. The Balaban J connectivity index is 0.000000225. The molecule has 0 radical (unpaired) electrons. The summed E-state index contributed by atoms with van der Waals surface area (Å²) >= 11 is 18.4. The highest BCUT2D eigenvalue weighted by atomic mass is 79.9. The number of halogens is 12. The van der Waals surface area contributed by atoms with Crippen LogP contribution in [-0.2, 0) is 29.2 Å². The lowest BCUT2D eigenvalue weighted by atomic mass is 9.89. The third-order valence-corrected chi connectivity index (χ3v) is 11.7. The van der Waals surface area contributed by atoms with Crippen LogP contribution in [0.5, 0.6) is 0 Å². The molecule has 1 N–H and O–H groups in total. The summed E-state index contributed by atoms with van der Waals surface area (Å²) in [5.41, 5.74) is -3.60. The lowest BCUT2D eigenvalue weighted by Gasteiger charge is -2.31. The van der Waals surface area contributed by atoms with Gasteiger partial charge in [0.25, 0.3) is 5.78 Å². The molecule has 12 nitrogen and oxygen atoms in total. The summed E-state index contributed by atoms with van der Waals surface area (Å²) in [6.45, 7) is 0. The SMILES string of the molecule is COC(=O)c1cc(-c2cnn(-c3c(Br)cc(C(=O)C(F)(F)F)n3C)c2)ccc1Cl.COC(=O)c1cc(-c2cnn(-c3c(Br)cc(C(O)(c4cc(F)cc(F)c4)C(F)(F)F)n3C)c2)ccc1Cl. The first kappa shape index (κ1) is 49.6. The predicted octanol–water partition coefficient (Wildman–Crippen LogP) is 11.0. The maximum atomic E-state index is 14.3. The van der Waals surface area contributed by atoms with E-state index in [0.717, 1.165) is 21.3 Å². The molecule has 66 heavy (non-hydrogen) atoms. The van der Waals surface area contributed by atoms with Gasteiger partial charge in [-0.2, -0.15) is 36.5 Å². The molecule has 24 heteroatoms. The van der Waals surface area contributed by atoms with Crippen LogP contribution in [0.1, 0.15) is 42.5 Å². The molecule has 0 saturated heterocycles. The number of hydrogen-bond donors (Lipinski definition) is 1. The normalized spacial score (nSPS) is 12.6. The minimum absolute atomic E-state index is 0.0722. The fraction of sp³-hybridized carbons (Fsp3) is 0.167. The van der Waals surface area contributed by atoms with Crippen molar-refractivity contribution in [2.45, 2.75) is 18.0 Å². The van der Waals surface area contributed by atoms with Crippen LogP contribution in [0, 0.1) is 11.6 Å². The summed E-state index contributed by atoms with van der Waals surface area (Å²) < 4.78 is 123. The van der Waals surface area contributed by atoms with Crippen LogP contribution in [0.2, 0.25) is 10.0 Å². The summed E-state index contributed by atoms with van der Waals surface area (Å²) in [7, 11) is 5.00. The number of nitrogens with zero attached hydrogens (tertiary/aromatic N) is 6. The van der Waals surface area contributed by atoms with Crippen molar-refractivity contribution >= 4 is 72.8 Å². The summed E-state index contributed by atoms with van der Waals surface area (Å²) in [5, 5.41) is 19.7. The van der Waals surface area contributed by atoms with E-state index in [-0.39, 0.29) is 41.8 Å². The van der Waals surface area contributed by atoms with E-state index in [9.17, 15) is 54.6 Å². The average molecular weight is 1100 g/mol. The van der Waals surface area contributed by atoms with Crippen molar-refractivity contribution in [1.82, 2.24) is 28.7 Å². The quantitative estimate of drug-likeness (QED) is 0.0858. The second-order valence-corrected chi connectivity index (χ2v) is 16.5. The Bertz CT molecular complexity index is 3020. The Kier molecular flexibility index (Phi) is 14.2. The molecular weight excluding hydrogens is 1070 g/mol. The van der Waals surface area contributed by atoms with Gasteiger partial charge in [0.1, 0.15) is 23.3 Å². The molecule has 4 aromatic heterocycles. The van der Waals surface area contributed by atoms with Crippen LogP contribution in [0.3, 0.4) is 0 Å². The number of ether oxygens (including phenoxy) is 2. The van der Waals surface area contributed by atoms with Crippen molar-refractivity contribution in [2.75, 3.05) is 14.2 Å². The molecule has 0 spiro atoms. The number of aromatic nitrogens is 6. The Labute approximate surface area is 394 Å². The van der Waals surface area contributed by atoms with Crippen molar-refractivity contribution in [3.8, 4) is 33.9 Å². The van der Waals surface area contributed by atoms with Crippen LogP contribution >= 0.6 is 55.1 Å². The highest BCUT2D eigenvalue weighted by Crippen LogP contribution is 2.47. The van der Waals surface area contributed by atoms with E-state index >= 15 is 0 Å². The Morgan fingerprint density at radius 1 is 0.652 bits per heavy atom. The maximum absolute atomic E-state index is 14.3. The number of aliphatic hydroxyl groups is 1. The van der Waals surface area contributed by atoms with Gasteiger partial charge in [-0.3, -0.25) is 4.79 Å². The third kappa shape index (κ3) is 9.55. The van der Waals surface area contributed by atoms with Crippen LogP contribution < -0.4 is 0 Å². The summed E-state index contributed by atoms with van der Waals surface area (Å²) in [5.74, 6) is -5.48. The molecule has 0 amide bonds. The number of Topliss-reactive ketones (excluding diaryl/α,β-unsaturated/α-hetero) is 1. The molecule has 1 atom stereocenters. The number of methoxy groups -OCH3 is 2. The van der Waals surface area contributed by atoms with Crippen molar-refractivity contribution in [1.29, 1.82) is 0 Å². The zero-order valence-corrected chi connectivity index (χ0v) is 38.6. The van der Waals surface area contributed by atoms with Gasteiger partial charge in [0, 0.05) is 49.2 Å². The molecule has 1 unspecified atom stereocenters. The van der Waals surface area contributed by atoms with Crippen LogP contribution in [-0.4, -0.2) is 78.1 Å². The number of carbonyl (C=O) groups excluding carboxylic acids is 3. The molecule has 7 aromatic rings. The highest BCUT2D eigenvalue weighted by Gasteiger charge is 2.58. The van der Waals surface area contributed by atoms with Gasteiger partial charge in [-0.15, -0.1) is 0 Å². The maximum Gasteiger partial charge on any atom is 0.456 e. The number of esters is 2. The van der Waals surface area contributed by atoms with Crippen molar-refractivity contribution in [3.05, 3.63) is 150 Å². The molecule has 7 rings (SSSR count). The van der Waals surface area contributed by atoms with Gasteiger partial charge in [-0.05, 0) is 91.5 Å². The lowest BCUT2D eigenvalue weighted by Crippen LogP contribution is -2.45. The van der Waals surface area contributed by atoms with Gasteiger partial charge in [0.2, 0.25) is 5.60 Å². The third-order valence-electron chi connectivity index (χ3n) is 9.87. The molecule has 0 saturated carbocycles. The Morgan fingerprint density at radius 2 is 1.09 bits per heavy atom. The summed E-state index contributed by atoms with van der Waals surface area (Å²) in [4.78, 5) is 35.4. The first-order valence-corrected chi connectivity index (χ1v) is 20.6. The van der Waals surface area contributed by atoms with E-state index in [1.807, 2.05) is 0 Å². The number of alkyl halides is 6. The molecule has 346 valence electrons. The molecular formula is C42H28Br2Cl2F8N6O6. The zero-order valence-electron chi connectivity index (χ0n) is 33.9. The van der Waals surface area contributed by atoms with E-state index in [4.69, 9.17) is 27.9 Å². The first-order chi connectivity index (χ1) is 30.8. The number of ketones is 1. The topological polar surface area (TPSA) is 135 Å². The van der Waals surface area contributed by atoms with Crippen LogP contribution in [0.4, 0.5) is 35.1 Å².